The number of rotatable bonds is 5. The number of carbonyl (C=O) groups excluding carboxylic acids is 1. The minimum absolute atomic E-state index is 0.0344. The van der Waals surface area contributed by atoms with E-state index < -0.39 is 0 Å². The van der Waals surface area contributed by atoms with Crippen molar-refractivity contribution < 1.29 is 9.53 Å². The Morgan fingerprint density at radius 1 is 1.33 bits per heavy atom. The summed E-state index contributed by atoms with van der Waals surface area (Å²) in [6.45, 7) is 3.87. The molecule has 3 rings (SSSR count). The second kappa shape index (κ2) is 6.97. The van der Waals surface area contributed by atoms with Crippen molar-refractivity contribution in [2.24, 2.45) is 0 Å². The van der Waals surface area contributed by atoms with Gasteiger partial charge in [-0.1, -0.05) is 6.07 Å². The maximum Gasteiger partial charge on any atom is 0.225 e. The van der Waals surface area contributed by atoms with Crippen molar-refractivity contribution in [1.82, 2.24) is 15.3 Å². The van der Waals surface area contributed by atoms with Gasteiger partial charge in [0.25, 0.3) is 0 Å². The standard InChI is InChI=1S/C18H19N3O2S/c1-11(21-17(22)9-15-10-20-12(2)24-15)18-16-8-14(23-3)5-4-13(16)6-7-19-18/h4-8,10-11H,9H2,1-3H3,(H,21,22). The normalized spacial score (nSPS) is 12.1. The molecule has 1 aromatic carbocycles. The number of benzene rings is 1. The van der Waals surface area contributed by atoms with Gasteiger partial charge in [-0.05, 0) is 37.4 Å². The van der Waals surface area contributed by atoms with Gasteiger partial charge in [0, 0.05) is 22.7 Å². The molecule has 1 atom stereocenters. The number of pyridine rings is 1. The van der Waals surface area contributed by atoms with E-state index >= 15 is 0 Å². The third-order valence-corrected chi connectivity index (χ3v) is 4.71. The maximum atomic E-state index is 12.3. The molecular formula is C18H19N3O2S. The first-order chi connectivity index (χ1) is 11.6. The lowest BCUT2D eigenvalue weighted by Gasteiger charge is -2.16. The Bertz CT molecular complexity index is 876. The van der Waals surface area contributed by atoms with Crippen LogP contribution in [0.4, 0.5) is 0 Å². The highest BCUT2D eigenvalue weighted by molar-refractivity contribution is 7.11. The predicted octanol–water partition coefficient (Wildman–Crippen LogP) is 3.43. The van der Waals surface area contributed by atoms with E-state index in [2.05, 4.69) is 15.3 Å². The molecule has 6 heteroatoms. The predicted molar refractivity (Wildman–Crippen MR) is 95.4 cm³/mol. The Labute approximate surface area is 144 Å². The number of fused-ring (bicyclic) bond motifs is 1. The highest BCUT2D eigenvalue weighted by atomic mass is 32.1. The molecule has 1 unspecified atom stereocenters. The van der Waals surface area contributed by atoms with Crippen LogP contribution in [0.2, 0.25) is 0 Å². The Balaban J connectivity index is 1.80. The highest BCUT2D eigenvalue weighted by Crippen LogP contribution is 2.26. The van der Waals surface area contributed by atoms with E-state index in [0.29, 0.717) is 6.42 Å². The zero-order chi connectivity index (χ0) is 17.1. The minimum Gasteiger partial charge on any atom is -0.497 e. The number of carbonyl (C=O) groups is 1. The van der Waals surface area contributed by atoms with E-state index in [1.807, 2.05) is 38.1 Å². The van der Waals surface area contributed by atoms with Crippen molar-refractivity contribution in [3.05, 3.63) is 52.2 Å². The second-order valence-electron chi connectivity index (χ2n) is 5.59. The summed E-state index contributed by atoms with van der Waals surface area (Å²) in [7, 11) is 1.64. The topological polar surface area (TPSA) is 64.1 Å². The van der Waals surface area contributed by atoms with Crippen LogP contribution in [0.15, 0.2) is 36.7 Å². The molecule has 124 valence electrons. The number of hydrogen-bond donors (Lipinski definition) is 1. The Kier molecular flexibility index (Phi) is 4.76. The second-order valence-corrected chi connectivity index (χ2v) is 6.91. The SMILES string of the molecule is COc1ccc2ccnc(C(C)NC(=O)Cc3cnc(C)s3)c2c1. The molecule has 5 nitrogen and oxygen atoms in total. The van der Waals surface area contributed by atoms with Crippen LogP contribution in [0.3, 0.4) is 0 Å². The van der Waals surface area contributed by atoms with E-state index in [1.54, 1.807) is 30.8 Å². The maximum absolute atomic E-state index is 12.3. The molecule has 0 fully saturated rings. The number of aryl methyl sites for hydroxylation is 1. The number of methoxy groups -OCH3 is 1. The van der Waals surface area contributed by atoms with Crippen molar-refractivity contribution in [2.75, 3.05) is 7.11 Å². The number of amides is 1. The quantitative estimate of drug-likeness (QED) is 0.772. The molecule has 24 heavy (non-hydrogen) atoms. The summed E-state index contributed by atoms with van der Waals surface area (Å²) >= 11 is 1.54. The summed E-state index contributed by atoms with van der Waals surface area (Å²) in [5.74, 6) is 0.739. The van der Waals surface area contributed by atoms with Crippen LogP contribution in [-0.2, 0) is 11.2 Å². The van der Waals surface area contributed by atoms with Gasteiger partial charge in [0.2, 0.25) is 5.91 Å². The lowest BCUT2D eigenvalue weighted by atomic mass is 10.1. The summed E-state index contributed by atoms with van der Waals surface area (Å²) < 4.78 is 5.30. The average Bonchev–Trinajstić information content (AvgIpc) is 2.98. The first-order valence-electron chi connectivity index (χ1n) is 7.70. The van der Waals surface area contributed by atoms with Gasteiger partial charge in [-0.2, -0.15) is 0 Å². The molecule has 0 radical (unpaired) electrons. The summed E-state index contributed by atoms with van der Waals surface area (Å²) in [5.41, 5.74) is 0.834. The van der Waals surface area contributed by atoms with Crippen molar-refractivity contribution in [2.45, 2.75) is 26.3 Å². The number of hydrogen-bond acceptors (Lipinski definition) is 5. The van der Waals surface area contributed by atoms with Gasteiger partial charge in [0.05, 0.1) is 30.3 Å². The number of aromatic nitrogens is 2. The fourth-order valence-corrected chi connectivity index (χ4v) is 3.44. The van der Waals surface area contributed by atoms with Crippen molar-refractivity contribution in [3.63, 3.8) is 0 Å². The molecule has 2 aromatic heterocycles. The van der Waals surface area contributed by atoms with E-state index in [9.17, 15) is 4.79 Å². The van der Waals surface area contributed by atoms with Gasteiger partial charge in [-0.15, -0.1) is 11.3 Å². The largest absolute Gasteiger partial charge is 0.497 e. The van der Waals surface area contributed by atoms with E-state index in [-0.39, 0.29) is 11.9 Å². The van der Waals surface area contributed by atoms with Gasteiger partial charge < -0.3 is 10.1 Å². The molecule has 1 amide bonds. The van der Waals surface area contributed by atoms with Gasteiger partial charge in [-0.3, -0.25) is 9.78 Å². The third-order valence-electron chi connectivity index (χ3n) is 3.80. The zero-order valence-electron chi connectivity index (χ0n) is 13.9. The van der Waals surface area contributed by atoms with Gasteiger partial charge >= 0.3 is 0 Å². The van der Waals surface area contributed by atoms with Crippen LogP contribution in [0.25, 0.3) is 10.8 Å². The summed E-state index contributed by atoms with van der Waals surface area (Å²) in [5, 5.41) is 6.04. The fraction of sp³-hybridized carbons (Fsp3) is 0.278. The van der Waals surface area contributed by atoms with Crippen molar-refractivity contribution in [3.8, 4) is 5.75 Å². The Hall–Kier alpha value is -2.47. The van der Waals surface area contributed by atoms with E-state index in [0.717, 1.165) is 32.1 Å². The summed E-state index contributed by atoms with van der Waals surface area (Å²) in [6, 6.07) is 7.62. The summed E-state index contributed by atoms with van der Waals surface area (Å²) in [6.07, 6.45) is 3.86. The molecule has 0 bridgehead atoms. The smallest absolute Gasteiger partial charge is 0.225 e. The monoisotopic (exact) mass is 341 g/mol. The molecule has 3 aromatic rings. The van der Waals surface area contributed by atoms with Crippen molar-refractivity contribution in [1.29, 1.82) is 0 Å². The van der Waals surface area contributed by atoms with Crippen LogP contribution >= 0.6 is 11.3 Å². The highest BCUT2D eigenvalue weighted by Gasteiger charge is 2.15. The molecule has 0 saturated heterocycles. The van der Waals surface area contributed by atoms with Gasteiger partial charge in [-0.25, -0.2) is 4.98 Å². The molecule has 2 heterocycles. The lowest BCUT2D eigenvalue weighted by molar-refractivity contribution is -0.121. The van der Waals surface area contributed by atoms with Crippen molar-refractivity contribution >= 4 is 28.0 Å². The Morgan fingerprint density at radius 2 is 2.17 bits per heavy atom. The summed E-state index contributed by atoms with van der Waals surface area (Å²) in [4.78, 5) is 21.9. The van der Waals surface area contributed by atoms with Gasteiger partial charge in [0.15, 0.2) is 0 Å². The van der Waals surface area contributed by atoms with E-state index in [4.69, 9.17) is 4.74 Å². The molecule has 1 N–H and O–H groups in total. The third kappa shape index (κ3) is 3.54. The molecule has 0 saturated carbocycles. The minimum atomic E-state index is -0.192. The van der Waals surface area contributed by atoms with Crippen LogP contribution < -0.4 is 10.1 Å². The number of thiazole rings is 1. The Morgan fingerprint density at radius 3 is 2.88 bits per heavy atom. The molecule has 0 aliphatic heterocycles. The van der Waals surface area contributed by atoms with E-state index in [1.165, 1.54) is 0 Å². The fourth-order valence-electron chi connectivity index (χ4n) is 2.65. The zero-order valence-corrected chi connectivity index (χ0v) is 14.7. The molecular weight excluding hydrogens is 322 g/mol. The van der Waals surface area contributed by atoms with Crippen LogP contribution in [-0.4, -0.2) is 23.0 Å². The number of nitrogens with zero attached hydrogens (tertiary/aromatic N) is 2. The molecule has 0 aliphatic rings. The van der Waals surface area contributed by atoms with Crippen LogP contribution in [0.5, 0.6) is 5.75 Å². The first kappa shape index (κ1) is 16.4. The number of nitrogens with one attached hydrogen (secondary N) is 1. The molecule has 0 aliphatic carbocycles. The lowest BCUT2D eigenvalue weighted by Crippen LogP contribution is -2.28. The average molecular weight is 341 g/mol. The molecule has 0 spiro atoms. The van der Waals surface area contributed by atoms with Crippen LogP contribution in [0, 0.1) is 6.92 Å². The number of ether oxygens (including phenoxy) is 1. The first-order valence-corrected chi connectivity index (χ1v) is 8.52. The van der Waals surface area contributed by atoms with Gasteiger partial charge in [0.1, 0.15) is 5.75 Å². The van der Waals surface area contributed by atoms with Crippen LogP contribution in [0.1, 0.15) is 28.5 Å².